The zero-order chi connectivity index (χ0) is 15.6. The summed E-state index contributed by atoms with van der Waals surface area (Å²) >= 11 is 0. The highest BCUT2D eigenvalue weighted by Gasteiger charge is 2.28. The third-order valence-electron chi connectivity index (χ3n) is 4.40. The number of aromatic nitrogens is 6. The fourth-order valence-corrected chi connectivity index (χ4v) is 2.85. The summed E-state index contributed by atoms with van der Waals surface area (Å²) in [6, 6.07) is 0. The standard InChI is InChI=1S/C14H21N9/c15-13-17-12(10-1-2-10)18-14(19-13)23-7-5-22(6-8-23)4-3-11-9-16-21-20-11/h9-10H,1-8H2,(H,16,20,21)(H2,15,17,18,19). The quantitative estimate of drug-likeness (QED) is 0.781. The van der Waals surface area contributed by atoms with Gasteiger partial charge in [-0.15, -0.1) is 0 Å². The molecule has 0 atom stereocenters. The fraction of sp³-hybridized carbons (Fsp3) is 0.643. The Bertz CT molecular complexity index is 644. The van der Waals surface area contributed by atoms with Gasteiger partial charge < -0.3 is 10.6 Å². The van der Waals surface area contributed by atoms with Crippen LogP contribution in [0.2, 0.25) is 0 Å². The molecule has 23 heavy (non-hydrogen) atoms. The Labute approximate surface area is 134 Å². The fourth-order valence-electron chi connectivity index (χ4n) is 2.85. The first-order valence-electron chi connectivity index (χ1n) is 8.11. The Morgan fingerprint density at radius 3 is 2.65 bits per heavy atom. The van der Waals surface area contributed by atoms with E-state index >= 15 is 0 Å². The lowest BCUT2D eigenvalue weighted by atomic mass is 10.2. The Balaban J connectivity index is 1.34. The maximum Gasteiger partial charge on any atom is 0.230 e. The molecule has 1 aliphatic heterocycles. The Hall–Kier alpha value is -2.29. The molecule has 0 amide bonds. The van der Waals surface area contributed by atoms with Crippen molar-refractivity contribution in [1.82, 2.24) is 35.3 Å². The topological polar surface area (TPSA) is 113 Å². The first kappa shape index (κ1) is 14.3. The lowest BCUT2D eigenvalue weighted by Crippen LogP contribution is -2.47. The molecule has 3 heterocycles. The first-order valence-corrected chi connectivity index (χ1v) is 8.11. The summed E-state index contributed by atoms with van der Waals surface area (Å²) in [4.78, 5) is 17.8. The van der Waals surface area contributed by atoms with Gasteiger partial charge in [0.25, 0.3) is 0 Å². The molecule has 0 bridgehead atoms. The number of aromatic amines is 1. The number of nitrogen functional groups attached to an aromatic ring is 1. The van der Waals surface area contributed by atoms with Crippen LogP contribution in [0.1, 0.15) is 30.3 Å². The minimum atomic E-state index is 0.338. The molecule has 4 rings (SSSR count). The van der Waals surface area contributed by atoms with Crippen molar-refractivity contribution in [3.63, 3.8) is 0 Å². The number of piperazine rings is 1. The second kappa shape index (κ2) is 6.07. The molecular weight excluding hydrogens is 294 g/mol. The summed E-state index contributed by atoms with van der Waals surface area (Å²) in [7, 11) is 0. The van der Waals surface area contributed by atoms with Crippen LogP contribution in [-0.2, 0) is 6.42 Å². The van der Waals surface area contributed by atoms with Crippen molar-refractivity contribution in [2.75, 3.05) is 43.4 Å². The third-order valence-corrected chi connectivity index (χ3v) is 4.40. The molecular formula is C14H21N9. The molecule has 0 unspecified atom stereocenters. The average Bonchev–Trinajstić information content (AvgIpc) is 3.29. The molecule has 2 aromatic rings. The van der Waals surface area contributed by atoms with Crippen molar-refractivity contribution in [3.05, 3.63) is 17.7 Å². The first-order chi connectivity index (χ1) is 11.3. The highest BCUT2D eigenvalue weighted by Crippen LogP contribution is 2.38. The molecule has 2 fully saturated rings. The minimum Gasteiger partial charge on any atom is -0.368 e. The molecule has 9 heteroatoms. The van der Waals surface area contributed by atoms with Crippen LogP contribution in [0.25, 0.3) is 0 Å². The summed E-state index contributed by atoms with van der Waals surface area (Å²) in [5.74, 6) is 2.42. The van der Waals surface area contributed by atoms with Gasteiger partial charge in [-0.1, -0.05) is 0 Å². The van der Waals surface area contributed by atoms with Crippen molar-refractivity contribution in [1.29, 1.82) is 0 Å². The Kier molecular flexibility index (Phi) is 3.78. The summed E-state index contributed by atoms with van der Waals surface area (Å²) < 4.78 is 0. The van der Waals surface area contributed by atoms with Gasteiger partial charge in [-0.3, -0.25) is 4.90 Å². The van der Waals surface area contributed by atoms with E-state index in [1.165, 1.54) is 12.8 Å². The van der Waals surface area contributed by atoms with Crippen molar-refractivity contribution < 1.29 is 0 Å². The van der Waals surface area contributed by atoms with E-state index in [0.717, 1.165) is 56.6 Å². The number of nitrogens with one attached hydrogen (secondary N) is 1. The molecule has 0 radical (unpaired) electrons. The molecule has 3 N–H and O–H groups in total. The van der Waals surface area contributed by atoms with Crippen LogP contribution < -0.4 is 10.6 Å². The molecule has 1 aliphatic carbocycles. The molecule has 1 saturated carbocycles. The second-order valence-corrected chi connectivity index (χ2v) is 6.17. The van der Waals surface area contributed by atoms with E-state index in [1.54, 1.807) is 6.20 Å². The monoisotopic (exact) mass is 315 g/mol. The summed E-state index contributed by atoms with van der Waals surface area (Å²) in [5, 5.41) is 10.6. The van der Waals surface area contributed by atoms with Gasteiger partial charge >= 0.3 is 0 Å². The largest absolute Gasteiger partial charge is 0.368 e. The average molecular weight is 315 g/mol. The van der Waals surface area contributed by atoms with Gasteiger partial charge in [-0.25, -0.2) is 0 Å². The van der Waals surface area contributed by atoms with Crippen molar-refractivity contribution >= 4 is 11.9 Å². The van der Waals surface area contributed by atoms with E-state index in [2.05, 4.69) is 40.2 Å². The second-order valence-electron chi connectivity index (χ2n) is 6.17. The predicted octanol–water partition coefficient (Wildman–Crippen LogP) is -0.186. The van der Waals surface area contributed by atoms with Gasteiger partial charge in [0.2, 0.25) is 11.9 Å². The lowest BCUT2D eigenvalue weighted by molar-refractivity contribution is 0.259. The number of anilines is 2. The van der Waals surface area contributed by atoms with E-state index in [9.17, 15) is 0 Å². The molecule has 0 spiro atoms. The van der Waals surface area contributed by atoms with Gasteiger partial charge in [0, 0.05) is 45.1 Å². The maximum atomic E-state index is 5.85. The van der Waals surface area contributed by atoms with Crippen molar-refractivity contribution in [2.24, 2.45) is 0 Å². The molecule has 9 nitrogen and oxygen atoms in total. The minimum absolute atomic E-state index is 0.338. The van der Waals surface area contributed by atoms with Crippen LogP contribution in [0.5, 0.6) is 0 Å². The van der Waals surface area contributed by atoms with Crippen molar-refractivity contribution in [2.45, 2.75) is 25.2 Å². The zero-order valence-corrected chi connectivity index (χ0v) is 13.0. The number of rotatable bonds is 5. The van der Waals surface area contributed by atoms with Crippen LogP contribution in [0, 0.1) is 0 Å². The molecule has 2 aromatic heterocycles. The third kappa shape index (κ3) is 3.39. The van der Waals surface area contributed by atoms with Gasteiger partial charge in [0.15, 0.2) is 0 Å². The normalized spacial score (nSPS) is 19.2. The highest BCUT2D eigenvalue weighted by atomic mass is 15.3. The van der Waals surface area contributed by atoms with Gasteiger partial charge in [0.05, 0.1) is 11.9 Å². The van der Waals surface area contributed by atoms with Gasteiger partial charge in [-0.05, 0) is 12.8 Å². The van der Waals surface area contributed by atoms with Crippen LogP contribution in [-0.4, -0.2) is 68.0 Å². The van der Waals surface area contributed by atoms with Crippen LogP contribution in [0.15, 0.2) is 6.20 Å². The smallest absolute Gasteiger partial charge is 0.230 e. The van der Waals surface area contributed by atoms with E-state index < -0.39 is 0 Å². The van der Waals surface area contributed by atoms with Gasteiger partial charge in [0.1, 0.15) is 5.82 Å². The predicted molar refractivity (Wildman–Crippen MR) is 85.0 cm³/mol. The van der Waals surface area contributed by atoms with Crippen LogP contribution in [0.3, 0.4) is 0 Å². The van der Waals surface area contributed by atoms with Gasteiger partial charge in [-0.2, -0.15) is 30.4 Å². The van der Waals surface area contributed by atoms with Crippen LogP contribution >= 0.6 is 0 Å². The molecule has 1 saturated heterocycles. The summed E-state index contributed by atoms with van der Waals surface area (Å²) in [6.07, 6.45) is 5.03. The number of nitrogens with zero attached hydrogens (tertiary/aromatic N) is 7. The number of H-pyrrole nitrogens is 1. The zero-order valence-electron chi connectivity index (χ0n) is 13.0. The highest BCUT2D eigenvalue weighted by molar-refractivity contribution is 5.36. The number of nitrogens with two attached hydrogens (primary N) is 1. The van der Waals surface area contributed by atoms with E-state index in [4.69, 9.17) is 5.73 Å². The van der Waals surface area contributed by atoms with E-state index in [0.29, 0.717) is 11.9 Å². The Morgan fingerprint density at radius 1 is 1.13 bits per heavy atom. The molecule has 2 aliphatic rings. The SMILES string of the molecule is Nc1nc(C2CC2)nc(N2CCN(CCc3cn[nH]n3)CC2)n1. The number of hydrogen-bond donors (Lipinski definition) is 2. The molecule has 0 aromatic carbocycles. The Morgan fingerprint density at radius 2 is 1.96 bits per heavy atom. The molecule has 122 valence electrons. The summed E-state index contributed by atoms with van der Waals surface area (Å²) in [6.45, 7) is 4.79. The number of hydrogen-bond acceptors (Lipinski definition) is 8. The van der Waals surface area contributed by atoms with E-state index in [-0.39, 0.29) is 0 Å². The van der Waals surface area contributed by atoms with E-state index in [1.807, 2.05) is 0 Å². The summed E-state index contributed by atoms with van der Waals surface area (Å²) in [5.41, 5.74) is 6.85. The van der Waals surface area contributed by atoms with Crippen molar-refractivity contribution in [3.8, 4) is 0 Å². The maximum absolute atomic E-state index is 5.85. The van der Waals surface area contributed by atoms with Crippen LogP contribution in [0.4, 0.5) is 11.9 Å². The lowest BCUT2D eigenvalue weighted by Gasteiger charge is -2.34.